The number of anilines is 2. The van der Waals surface area contributed by atoms with Crippen LogP contribution in [0.2, 0.25) is 5.02 Å². The number of alkyl halides is 3. The third kappa shape index (κ3) is 8.14. The molecule has 8 nitrogen and oxygen atoms in total. The molecule has 0 bridgehead atoms. The van der Waals surface area contributed by atoms with E-state index in [1.807, 2.05) is 11.8 Å². The van der Waals surface area contributed by atoms with Crippen LogP contribution in [0.4, 0.5) is 33.3 Å². The van der Waals surface area contributed by atoms with Crippen LogP contribution in [0.3, 0.4) is 0 Å². The van der Waals surface area contributed by atoms with Gasteiger partial charge in [-0.1, -0.05) is 17.7 Å². The molecule has 2 aromatic rings. The lowest BCUT2D eigenvalue weighted by molar-refractivity contribution is -0.138. The van der Waals surface area contributed by atoms with Crippen LogP contribution >= 0.6 is 11.6 Å². The Kier molecular flexibility index (Phi) is 10.2. The molecule has 2 heterocycles. The Morgan fingerprint density at radius 2 is 1.77 bits per heavy atom. The number of likely N-dealkylation sites (tertiary alicyclic amines) is 1. The van der Waals surface area contributed by atoms with Crippen LogP contribution in [0.25, 0.3) is 0 Å². The fraction of sp³-hybridized carbons (Fsp3) is 0.483. The van der Waals surface area contributed by atoms with Crippen LogP contribution in [-0.4, -0.2) is 79.0 Å². The van der Waals surface area contributed by atoms with Crippen LogP contribution < -0.4 is 15.5 Å². The summed E-state index contributed by atoms with van der Waals surface area (Å²) < 4.78 is 68.0. The lowest BCUT2D eigenvalue weighted by atomic mass is 10.1. The van der Waals surface area contributed by atoms with Crippen molar-refractivity contribution in [2.75, 3.05) is 49.5 Å². The molecule has 0 unspecified atom stereocenters. The summed E-state index contributed by atoms with van der Waals surface area (Å²) in [5, 5.41) is 5.53. The number of carbonyl (C=O) groups excluding carboxylic acids is 3. The number of nitrogens with one attached hydrogen (secondary N) is 2. The first kappa shape index (κ1) is 32.5. The van der Waals surface area contributed by atoms with Crippen molar-refractivity contribution in [2.24, 2.45) is 5.92 Å². The Balaban J connectivity index is 1.42. The molecular formula is C29H33ClF5N5O3. The van der Waals surface area contributed by atoms with Gasteiger partial charge in [0.15, 0.2) is 11.6 Å². The highest BCUT2D eigenvalue weighted by atomic mass is 35.5. The zero-order chi connectivity index (χ0) is 31.5. The normalized spacial score (nSPS) is 19.4. The van der Waals surface area contributed by atoms with E-state index in [1.54, 1.807) is 15.9 Å². The molecule has 0 radical (unpaired) electrons. The number of benzene rings is 2. The maximum atomic E-state index is 15.1. The van der Waals surface area contributed by atoms with Gasteiger partial charge in [0.2, 0.25) is 11.8 Å². The van der Waals surface area contributed by atoms with Gasteiger partial charge >= 0.3 is 6.18 Å². The quantitative estimate of drug-likeness (QED) is 0.409. The molecule has 2 saturated heterocycles. The minimum atomic E-state index is -4.25. The van der Waals surface area contributed by atoms with Gasteiger partial charge in [0.1, 0.15) is 0 Å². The second kappa shape index (κ2) is 13.5. The van der Waals surface area contributed by atoms with Crippen molar-refractivity contribution in [3.05, 3.63) is 58.1 Å². The Morgan fingerprint density at radius 3 is 2.42 bits per heavy atom. The molecule has 0 aliphatic carbocycles. The van der Waals surface area contributed by atoms with E-state index in [9.17, 15) is 31.9 Å². The monoisotopic (exact) mass is 629 g/mol. The highest BCUT2D eigenvalue weighted by Gasteiger charge is 2.32. The van der Waals surface area contributed by atoms with Gasteiger partial charge < -0.3 is 20.4 Å². The smallest absolute Gasteiger partial charge is 0.365 e. The topological polar surface area (TPSA) is 85.0 Å². The number of hydrogen-bond acceptors (Lipinski definition) is 5. The van der Waals surface area contributed by atoms with E-state index in [2.05, 4.69) is 10.6 Å². The van der Waals surface area contributed by atoms with Gasteiger partial charge in [0.05, 0.1) is 29.3 Å². The molecule has 0 spiro atoms. The van der Waals surface area contributed by atoms with E-state index < -0.39 is 41.6 Å². The van der Waals surface area contributed by atoms with Gasteiger partial charge in [0.25, 0.3) is 5.91 Å². The van der Waals surface area contributed by atoms with Gasteiger partial charge in [-0.2, -0.15) is 13.2 Å². The predicted molar refractivity (Wildman–Crippen MR) is 152 cm³/mol. The summed E-state index contributed by atoms with van der Waals surface area (Å²) in [5.41, 5.74) is 0.0798. The summed E-state index contributed by atoms with van der Waals surface area (Å²) in [6.07, 6.45) is -4.69. The van der Waals surface area contributed by atoms with Crippen LogP contribution in [0.5, 0.6) is 0 Å². The minimum Gasteiger partial charge on any atom is -0.365 e. The highest BCUT2D eigenvalue weighted by molar-refractivity contribution is 6.31. The van der Waals surface area contributed by atoms with E-state index in [0.29, 0.717) is 43.3 Å². The summed E-state index contributed by atoms with van der Waals surface area (Å²) in [5.74, 6) is -4.53. The maximum absolute atomic E-state index is 15.1. The minimum absolute atomic E-state index is 0.121. The molecule has 43 heavy (non-hydrogen) atoms. The Bertz CT molecular complexity index is 1370. The molecule has 2 N–H and O–H groups in total. The summed E-state index contributed by atoms with van der Waals surface area (Å²) in [6.45, 7) is 4.61. The SMILES string of the molecule is CC(=O)N1CC[C@@H](C(=O)NCc2ccc(C(=O)Nc3ccc(Cl)cc3N3CCN(CCC(F)(F)F)C[C@H]3C)c(F)c2F)C1. The first-order chi connectivity index (χ1) is 20.2. The molecule has 2 aliphatic heterocycles. The number of amides is 3. The van der Waals surface area contributed by atoms with Gasteiger partial charge in [-0.25, -0.2) is 8.78 Å². The van der Waals surface area contributed by atoms with Crippen LogP contribution in [0, 0.1) is 17.6 Å². The zero-order valence-electron chi connectivity index (χ0n) is 23.7. The summed E-state index contributed by atoms with van der Waals surface area (Å²) >= 11 is 6.21. The largest absolute Gasteiger partial charge is 0.390 e. The number of nitrogens with zero attached hydrogens (tertiary/aromatic N) is 3. The molecule has 0 saturated carbocycles. The van der Waals surface area contributed by atoms with Crippen molar-refractivity contribution in [3.8, 4) is 0 Å². The highest BCUT2D eigenvalue weighted by Crippen LogP contribution is 2.33. The average Bonchev–Trinajstić information content (AvgIpc) is 3.44. The predicted octanol–water partition coefficient (Wildman–Crippen LogP) is 4.82. The number of hydrogen-bond donors (Lipinski definition) is 2. The molecule has 2 fully saturated rings. The number of rotatable bonds is 8. The second-order valence-corrected chi connectivity index (χ2v) is 11.3. The fourth-order valence-corrected chi connectivity index (χ4v) is 5.57. The fourth-order valence-electron chi connectivity index (χ4n) is 5.40. The lowest BCUT2D eigenvalue weighted by Crippen LogP contribution is -2.52. The van der Waals surface area contributed by atoms with Gasteiger partial charge in [-0.15, -0.1) is 0 Å². The number of piperazine rings is 1. The lowest BCUT2D eigenvalue weighted by Gasteiger charge is -2.42. The van der Waals surface area contributed by atoms with E-state index in [0.717, 1.165) is 6.07 Å². The Morgan fingerprint density at radius 1 is 1.02 bits per heavy atom. The third-order valence-electron chi connectivity index (χ3n) is 7.80. The zero-order valence-corrected chi connectivity index (χ0v) is 24.5. The molecule has 4 rings (SSSR count). The first-order valence-corrected chi connectivity index (χ1v) is 14.3. The summed E-state index contributed by atoms with van der Waals surface area (Å²) in [7, 11) is 0. The average molecular weight is 630 g/mol. The molecule has 2 atom stereocenters. The van der Waals surface area contributed by atoms with Crippen LogP contribution in [0.15, 0.2) is 30.3 Å². The van der Waals surface area contributed by atoms with E-state index in [4.69, 9.17) is 11.6 Å². The molecule has 2 aliphatic rings. The second-order valence-electron chi connectivity index (χ2n) is 10.9. The molecule has 0 aromatic heterocycles. The van der Waals surface area contributed by atoms with E-state index in [1.165, 1.54) is 25.1 Å². The van der Waals surface area contributed by atoms with E-state index in [-0.39, 0.29) is 48.7 Å². The third-order valence-corrected chi connectivity index (χ3v) is 8.04. The van der Waals surface area contributed by atoms with Crippen molar-refractivity contribution >= 4 is 40.7 Å². The molecule has 14 heteroatoms. The van der Waals surface area contributed by atoms with Crippen molar-refractivity contribution in [1.82, 2.24) is 15.1 Å². The molecule has 234 valence electrons. The first-order valence-electron chi connectivity index (χ1n) is 13.9. The van der Waals surface area contributed by atoms with Gasteiger partial charge in [-0.3, -0.25) is 19.3 Å². The Labute approximate surface area is 251 Å². The number of carbonyl (C=O) groups is 3. The van der Waals surface area contributed by atoms with Crippen molar-refractivity contribution < 1.29 is 36.3 Å². The van der Waals surface area contributed by atoms with Crippen LogP contribution in [-0.2, 0) is 16.1 Å². The van der Waals surface area contributed by atoms with Crippen molar-refractivity contribution in [1.29, 1.82) is 0 Å². The van der Waals surface area contributed by atoms with Gasteiger partial charge in [0, 0.05) is 69.4 Å². The number of halogens is 6. The summed E-state index contributed by atoms with van der Waals surface area (Å²) in [6, 6.07) is 6.76. The van der Waals surface area contributed by atoms with E-state index >= 15 is 4.39 Å². The molecule has 2 aromatic carbocycles. The standard InChI is InChI=1S/C29H33ClF5N5O3/c1-17-15-38(10-8-29(33,34)35)11-12-40(17)24-13-21(30)4-6-23(24)37-28(43)22-5-3-19(25(31)26(22)32)14-36-27(42)20-7-9-39(16-20)18(2)41/h3-6,13,17,20H,7-12,14-16H2,1-2H3,(H,36,42)(H,37,43)/t17-,20-/m1/s1. The Hall–Kier alpha value is -3.45. The molecule has 3 amide bonds. The van der Waals surface area contributed by atoms with Gasteiger partial charge in [-0.05, 0) is 37.6 Å². The molecular weight excluding hydrogens is 597 g/mol. The maximum Gasteiger partial charge on any atom is 0.390 e. The van der Waals surface area contributed by atoms with Crippen molar-refractivity contribution in [3.63, 3.8) is 0 Å². The van der Waals surface area contributed by atoms with Crippen LogP contribution in [0.1, 0.15) is 42.6 Å². The summed E-state index contributed by atoms with van der Waals surface area (Å²) in [4.78, 5) is 42.2. The van der Waals surface area contributed by atoms with Crippen molar-refractivity contribution in [2.45, 2.75) is 45.5 Å².